The van der Waals surface area contributed by atoms with E-state index in [1.807, 2.05) is 17.2 Å². The molecule has 4 heterocycles. The van der Waals surface area contributed by atoms with Gasteiger partial charge in [-0.05, 0) is 56.4 Å². The highest BCUT2D eigenvalue weighted by Gasteiger charge is 2.40. The van der Waals surface area contributed by atoms with E-state index >= 15 is 0 Å². The summed E-state index contributed by atoms with van der Waals surface area (Å²) in [7, 11) is 0. The fraction of sp³-hybridized carbons (Fsp3) is 0.667. The van der Waals surface area contributed by atoms with Gasteiger partial charge in [0, 0.05) is 25.5 Å². The monoisotopic (exact) mass is 330 g/mol. The van der Waals surface area contributed by atoms with Crippen LogP contribution in [-0.4, -0.2) is 67.3 Å². The molecule has 0 saturated carbocycles. The smallest absolute Gasteiger partial charge is 0.255 e. The van der Waals surface area contributed by atoms with Crippen molar-refractivity contribution in [2.45, 2.75) is 24.9 Å². The predicted octanol–water partition coefficient (Wildman–Crippen LogP) is 0.438. The van der Waals surface area contributed by atoms with Crippen LogP contribution in [0.2, 0.25) is 0 Å². The normalized spacial score (nSPS) is 30.2. The number of morpholine rings is 1. The first-order chi connectivity index (χ1) is 11.7. The molecule has 1 aromatic heterocycles. The molecule has 0 aliphatic carbocycles. The number of amides is 1. The summed E-state index contributed by atoms with van der Waals surface area (Å²) in [6.45, 7) is 5.93. The summed E-state index contributed by atoms with van der Waals surface area (Å²) in [4.78, 5) is 19.2. The lowest BCUT2D eigenvalue weighted by atomic mass is 9.98. The van der Waals surface area contributed by atoms with Gasteiger partial charge in [-0.15, -0.1) is 0 Å². The van der Waals surface area contributed by atoms with Crippen LogP contribution < -0.4 is 10.6 Å². The van der Waals surface area contributed by atoms with Crippen LogP contribution in [0.5, 0.6) is 0 Å². The number of nitrogens with zero attached hydrogens (tertiary/aromatic N) is 2. The largest absolute Gasteiger partial charge is 0.370 e. The summed E-state index contributed by atoms with van der Waals surface area (Å²) >= 11 is 0. The maximum atomic E-state index is 12.9. The van der Waals surface area contributed by atoms with Gasteiger partial charge in [0.2, 0.25) is 0 Å². The van der Waals surface area contributed by atoms with E-state index < -0.39 is 0 Å². The van der Waals surface area contributed by atoms with Crippen molar-refractivity contribution in [2.75, 3.05) is 45.9 Å². The third-order valence-corrected chi connectivity index (χ3v) is 5.47. The molecule has 2 unspecified atom stereocenters. The van der Waals surface area contributed by atoms with Crippen LogP contribution in [-0.2, 0) is 11.2 Å². The van der Waals surface area contributed by atoms with E-state index in [0.29, 0.717) is 31.2 Å². The average molecular weight is 330 g/mol. The predicted molar refractivity (Wildman–Crippen MR) is 91.0 cm³/mol. The van der Waals surface area contributed by atoms with Crippen molar-refractivity contribution in [1.29, 1.82) is 0 Å². The van der Waals surface area contributed by atoms with Crippen molar-refractivity contribution >= 4 is 5.91 Å². The Labute approximate surface area is 143 Å². The van der Waals surface area contributed by atoms with Gasteiger partial charge in [0.1, 0.15) is 0 Å². The third kappa shape index (κ3) is 3.31. The minimum atomic E-state index is -0.186. The van der Waals surface area contributed by atoms with Crippen molar-refractivity contribution in [1.82, 2.24) is 20.5 Å². The summed E-state index contributed by atoms with van der Waals surface area (Å²) in [6, 6.07) is 2.03. The number of pyridine rings is 1. The first-order valence-corrected chi connectivity index (χ1v) is 9.03. The first kappa shape index (κ1) is 16.0. The zero-order chi connectivity index (χ0) is 16.4. The maximum absolute atomic E-state index is 12.9. The second-order valence-corrected chi connectivity index (χ2v) is 7.33. The van der Waals surface area contributed by atoms with E-state index in [-0.39, 0.29) is 11.5 Å². The van der Waals surface area contributed by atoms with Gasteiger partial charge in [-0.1, -0.05) is 0 Å². The van der Waals surface area contributed by atoms with Crippen molar-refractivity contribution in [3.63, 3.8) is 0 Å². The first-order valence-electron chi connectivity index (χ1n) is 9.03. The van der Waals surface area contributed by atoms with Crippen LogP contribution in [0, 0.1) is 5.92 Å². The van der Waals surface area contributed by atoms with Gasteiger partial charge < -0.3 is 20.3 Å². The van der Waals surface area contributed by atoms with Gasteiger partial charge >= 0.3 is 0 Å². The van der Waals surface area contributed by atoms with Gasteiger partial charge in [0.05, 0.1) is 24.3 Å². The van der Waals surface area contributed by atoms with Gasteiger partial charge in [-0.3, -0.25) is 9.78 Å². The molecule has 0 radical (unpaired) electrons. The lowest BCUT2D eigenvalue weighted by Gasteiger charge is -2.40. The van der Waals surface area contributed by atoms with E-state index in [2.05, 4.69) is 15.6 Å². The number of ether oxygens (including phenoxy) is 1. The van der Waals surface area contributed by atoms with E-state index in [0.717, 1.165) is 39.0 Å². The standard InChI is InChI=1S/C18H26N4O2/c23-17(22-5-6-24-18(13-22)2-4-20-12-18)16-8-15(10-21-11-16)7-14-1-3-19-9-14/h8,10-11,14,19-20H,1-7,9,12-13H2. The SMILES string of the molecule is O=C(c1cncc(CC2CCNC2)c1)N1CCOC2(CCNC2)C1. The molecular formula is C18H26N4O2. The van der Waals surface area contributed by atoms with Crippen LogP contribution in [0.4, 0.5) is 0 Å². The summed E-state index contributed by atoms with van der Waals surface area (Å²) < 4.78 is 5.98. The zero-order valence-corrected chi connectivity index (χ0v) is 14.1. The van der Waals surface area contributed by atoms with Crippen LogP contribution in [0.1, 0.15) is 28.8 Å². The molecule has 2 atom stereocenters. The number of aromatic nitrogens is 1. The molecule has 4 rings (SSSR count). The van der Waals surface area contributed by atoms with E-state index in [1.54, 1.807) is 6.20 Å². The molecule has 0 aromatic carbocycles. The molecule has 2 N–H and O–H groups in total. The lowest BCUT2D eigenvalue weighted by Crippen LogP contribution is -2.54. The van der Waals surface area contributed by atoms with E-state index in [9.17, 15) is 4.79 Å². The van der Waals surface area contributed by atoms with Gasteiger partial charge in [-0.25, -0.2) is 0 Å². The quantitative estimate of drug-likeness (QED) is 0.842. The number of carbonyl (C=O) groups excluding carboxylic acids is 1. The second-order valence-electron chi connectivity index (χ2n) is 7.33. The Balaban J connectivity index is 1.45. The highest BCUT2D eigenvalue weighted by atomic mass is 16.5. The van der Waals surface area contributed by atoms with E-state index in [4.69, 9.17) is 4.74 Å². The molecule has 130 valence electrons. The number of carbonyl (C=O) groups is 1. The van der Waals surface area contributed by atoms with Crippen LogP contribution in [0.15, 0.2) is 18.5 Å². The van der Waals surface area contributed by atoms with E-state index in [1.165, 1.54) is 12.0 Å². The number of hydrogen-bond donors (Lipinski definition) is 2. The molecule has 3 fully saturated rings. The summed E-state index contributed by atoms with van der Waals surface area (Å²) in [6.07, 6.45) is 6.78. The topological polar surface area (TPSA) is 66.5 Å². The molecule has 0 bridgehead atoms. The third-order valence-electron chi connectivity index (χ3n) is 5.47. The Morgan fingerprint density at radius 1 is 1.38 bits per heavy atom. The van der Waals surface area contributed by atoms with Crippen LogP contribution >= 0.6 is 0 Å². The summed E-state index contributed by atoms with van der Waals surface area (Å²) in [5, 5.41) is 6.74. The molecule has 6 heteroatoms. The Morgan fingerprint density at radius 2 is 2.33 bits per heavy atom. The van der Waals surface area contributed by atoms with Crippen LogP contribution in [0.3, 0.4) is 0 Å². The Bertz CT molecular complexity index is 594. The molecule has 24 heavy (non-hydrogen) atoms. The summed E-state index contributed by atoms with van der Waals surface area (Å²) in [5.41, 5.74) is 1.69. The molecule has 6 nitrogen and oxygen atoms in total. The number of nitrogens with one attached hydrogen (secondary N) is 2. The molecule has 1 aromatic rings. The maximum Gasteiger partial charge on any atom is 0.255 e. The minimum absolute atomic E-state index is 0.0865. The minimum Gasteiger partial charge on any atom is -0.370 e. The second kappa shape index (κ2) is 6.78. The number of rotatable bonds is 3. The highest BCUT2D eigenvalue weighted by Crippen LogP contribution is 2.26. The average Bonchev–Trinajstić information content (AvgIpc) is 3.27. The fourth-order valence-electron chi connectivity index (χ4n) is 4.12. The zero-order valence-electron chi connectivity index (χ0n) is 14.1. The lowest BCUT2D eigenvalue weighted by molar-refractivity contribution is -0.0866. The van der Waals surface area contributed by atoms with Crippen molar-refractivity contribution in [2.24, 2.45) is 5.92 Å². The molecule has 1 amide bonds. The Morgan fingerprint density at radius 3 is 3.12 bits per heavy atom. The van der Waals surface area contributed by atoms with Crippen LogP contribution in [0.25, 0.3) is 0 Å². The Hall–Kier alpha value is -1.50. The fourth-order valence-corrected chi connectivity index (χ4v) is 4.12. The number of hydrogen-bond acceptors (Lipinski definition) is 5. The van der Waals surface area contributed by atoms with Gasteiger partial charge in [0.15, 0.2) is 0 Å². The summed E-state index contributed by atoms with van der Waals surface area (Å²) in [5.74, 6) is 0.747. The molecular weight excluding hydrogens is 304 g/mol. The van der Waals surface area contributed by atoms with Crippen molar-refractivity contribution in [3.8, 4) is 0 Å². The van der Waals surface area contributed by atoms with Gasteiger partial charge in [0.25, 0.3) is 5.91 Å². The molecule has 3 aliphatic rings. The Kier molecular flexibility index (Phi) is 4.52. The highest BCUT2D eigenvalue weighted by molar-refractivity contribution is 5.94. The van der Waals surface area contributed by atoms with Crippen molar-refractivity contribution in [3.05, 3.63) is 29.6 Å². The van der Waals surface area contributed by atoms with Crippen molar-refractivity contribution < 1.29 is 9.53 Å². The molecule has 3 aliphatic heterocycles. The van der Waals surface area contributed by atoms with Gasteiger partial charge in [-0.2, -0.15) is 0 Å². The molecule has 3 saturated heterocycles. The molecule has 1 spiro atoms.